The van der Waals surface area contributed by atoms with Crippen LogP contribution in [0.5, 0.6) is 0 Å². The Morgan fingerprint density at radius 3 is 2.70 bits per heavy atom. The van der Waals surface area contributed by atoms with Crippen LogP contribution in [0.15, 0.2) is 30.3 Å². The minimum Gasteiger partial charge on any atom is -0.327 e. The molecule has 2 aromatic rings. The third-order valence-corrected chi connectivity index (χ3v) is 4.68. The summed E-state index contributed by atoms with van der Waals surface area (Å²) in [5, 5.41) is 0. The quantitative estimate of drug-likeness (QED) is 0.803. The fourth-order valence-electron chi connectivity index (χ4n) is 2.23. The summed E-state index contributed by atoms with van der Waals surface area (Å²) in [5.74, 6) is -0.314. The standard InChI is InChI=1S/C14H9Cl2NO2S/c15-12-5-10(13(16)20-12)11(18)7-17-6-8-3-1-2-4-9(8)14(17)19/h1-5H,6-7H2. The van der Waals surface area contributed by atoms with E-state index in [-0.39, 0.29) is 18.2 Å². The molecule has 102 valence electrons. The van der Waals surface area contributed by atoms with Gasteiger partial charge in [0.25, 0.3) is 5.91 Å². The minimum absolute atomic E-state index is 0.0142. The zero-order valence-electron chi connectivity index (χ0n) is 10.2. The number of carbonyl (C=O) groups is 2. The lowest BCUT2D eigenvalue weighted by Crippen LogP contribution is -2.30. The molecule has 0 saturated carbocycles. The Morgan fingerprint density at radius 1 is 1.30 bits per heavy atom. The zero-order valence-corrected chi connectivity index (χ0v) is 12.6. The van der Waals surface area contributed by atoms with Gasteiger partial charge in [0.1, 0.15) is 4.34 Å². The molecule has 0 bridgehead atoms. The minimum atomic E-state index is -0.195. The number of fused-ring (bicyclic) bond motifs is 1. The number of Topliss-reactive ketones (excluding diaryl/α,β-unsaturated/α-hetero) is 1. The first-order chi connectivity index (χ1) is 9.56. The van der Waals surface area contributed by atoms with E-state index in [1.54, 1.807) is 12.1 Å². The highest BCUT2D eigenvalue weighted by molar-refractivity contribution is 7.20. The fourth-order valence-corrected chi connectivity index (χ4v) is 3.73. The Kier molecular flexibility index (Phi) is 3.54. The molecule has 1 aromatic heterocycles. The molecule has 2 heterocycles. The molecule has 0 N–H and O–H groups in total. The van der Waals surface area contributed by atoms with Gasteiger partial charge in [-0.05, 0) is 17.7 Å². The second kappa shape index (κ2) is 5.20. The van der Waals surface area contributed by atoms with Crippen LogP contribution in [0.25, 0.3) is 0 Å². The van der Waals surface area contributed by atoms with E-state index in [1.807, 2.05) is 18.2 Å². The van der Waals surface area contributed by atoms with Crippen LogP contribution in [0.3, 0.4) is 0 Å². The first-order valence-electron chi connectivity index (χ1n) is 5.91. The van der Waals surface area contributed by atoms with Crippen LogP contribution < -0.4 is 0 Å². The van der Waals surface area contributed by atoms with Crippen molar-refractivity contribution >= 4 is 46.2 Å². The molecule has 1 amide bonds. The first-order valence-corrected chi connectivity index (χ1v) is 7.48. The Labute approximate surface area is 129 Å². The molecular weight excluding hydrogens is 317 g/mol. The van der Waals surface area contributed by atoms with Crippen molar-refractivity contribution < 1.29 is 9.59 Å². The van der Waals surface area contributed by atoms with Crippen LogP contribution in [0.4, 0.5) is 0 Å². The van der Waals surface area contributed by atoms with Crippen molar-refractivity contribution in [3.05, 3.63) is 55.7 Å². The van der Waals surface area contributed by atoms with Gasteiger partial charge >= 0.3 is 0 Å². The smallest absolute Gasteiger partial charge is 0.254 e. The third-order valence-electron chi connectivity index (χ3n) is 3.19. The van der Waals surface area contributed by atoms with E-state index in [9.17, 15) is 9.59 Å². The molecule has 3 nitrogen and oxygen atoms in total. The number of thiophene rings is 1. The number of benzene rings is 1. The second-order valence-electron chi connectivity index (χ2n) is 4.48. The summed E-state index contributed by atoms with van der Waals surface area (Å²) >= 11 is 12.9. The van der Waals surface area contributed by atoms with Crippen molar-refractivity contribution in [3.8, 4) is 0 Å². The van der Waals surface area contributed by atoms with Gasteiger partial charge in [0, 0.05) is 12.1 Å². The lowest BCUT2D eigenvalue weighted by molar-refractivity contribution is 0.0729. The SMILES string of the molecule is O=C(CN1Cc2ccccc2C1=O)c1cc(Cl)sc1Cl. The van der Waals surface area contributed by atoms with Crippen LogP contribution in [0.1, 0.15) is 26.3 Å². The van der Waals surface area contributed by atoms with Crippen molar-refractivity contribution in [2.45, 2.75) is 6.54 Å². The summed E-state index contributed by atoms with van der Waals surface area (Å²) in [5.41, 5.74) is 1.99. The Bertz CT molecular complexity index is 711. The normalized spacial score (nSPS) is 13.7. The number of halogens is 2. The number of rotatable bonds is 3. The molecule has 1 aliphatic rings. The van der Waals surface area contributed by atoms with E-state index in [1.165, 1.54) is 4.90 Å². The number of hydrogen-bond acceptors (Lipinski definition) is 3. The second-order valence-corrected chi connectivity index (χ2v) is 6.77. The number of carbonyl (C=O) groups excluding carboxylic acids is 2. The number of hydrogen-bond donors (Lipinski definition) is 0. The lowest BCUT2D eigenvalue weighted by Gasteiger charge is -2.14. The van der Waals surface area contributed by atoms with Crippen LogP contribution in [-0.2, 0) is 6.54 Å². The molecule has 1 aromatic carbocycles. The fraction of sp³-hybridized carbons (Fsp3) is 0.143. The Morgan fingerprint density at radius 2 is 2.05 bits per heavy atom. The van der Waals surface area contributed by atoms with Crippen molar-refractivity contribution in [3.63, 3.8) is 0 Å². The van der Waals surface area contributed by atoms with Crippen LogP contribution in [-0.4, -0.2) is 23.1 Å². The van der Waals surface area contributed by atoms with Gasteiger partial charge in [0.15, 0.2) is 5.78 Å². The van der Waals surface area contributed by atoms with Crippen molar-refractivity contribution in [1.82, 2.24) is 4.90 Å². The summed E-state index contributed by atoms with van der Waals surface area (Å²) in [7, 11) is 0. The van der Waals surface area contributed by atoms with Crippen molar-refractivity contribution in [2.24, 2.45) is 0 Å². The molecule has 0 saturated heterocycles. The maximum Gasteiger partial charge on any atom is 0.254 e. The van der Waals surface area contributed by atoms with Crippen molar-refractivity contribution in [2.75, 3.05) is 6.54 Å². The number of amides is 1. The van der Waals surface area contributed by atoms with Gasteiger partial charge < -0.3 is 4.90 Å². The molecule has 20 heavy (non-hydrogen) atoms. The monoisotopic (exact) mass is 325 g/mol. The van der Waals surface area contributed by atoms with Gasteiger partial charge in [-0.25, -0.2) is 0 Å². The summed E-state index contributed by atoms with van der Waals surface area (Å²) < 4.78 is 0.832. The summed E-state index contributed by atoms with van der Waals surface area (Å²) in [6.45, 7) is 0.469. The average Bonchev–Trinajstić information content (AvgIpc) is 2.91. The Balaban J connectivity index is 1.79. The summed E-state index contributed by atoms with van der Waals surface area (Å²) in [6.07, 6.45) is 0. The molecule has 0 unspecified atom stereocenters. The molecule has 0 atom stereocenters. The summed E-state index contributed by atoms with van der Waals surface area (Å²) in [6, 6.07) is 8.91. The maximum atomic E-state index is 12.2. The molecule has 0 radical (unpaired) electrons. The first kappa shape index (κ1) is 13.6. The third kappa shape index (κ3) is 2.35. The highest BCUT2D eigenvalue weighted by Gasteiger charge is 2.29. The molecule has 0 spiro atoms. The predicted octanol–water partition coefficient (Wildman–Crippen LogP) is 3.89. The van der Waals surface area contributed by atoms with Gasteiger partial charge in [-0.2, -0.15) is 0 Å². The summed E-state index contributed by atoms with van der Waals surface area (Å²) in [4.78, 5) is 25.9. The molecule has 3 rings (SSSR count). The number of ketones is 1. The van der Waals surface area contributed by atoms with E-state index >= 15 is 0 Å². The van der Waals surface area contributed by atoms with Gasteiger partial charge in [-0.15, -0.1) is 11.3 Å². The predicted molar refractivity (Wildman–Crippen MR) is 79.9 cm³/mol. The highest BCUT2D eigenvalue weighted by atomic mass is 35.5. The molecular formula is C14H9Cl2NO2S. The zero-order chi connectivity index (χ0) is 14.3. The van der Waals surface area contributed by atoms with Gasteiger partial charge in [0.2, 0.25) is 0 Å². The van der Waals surface area contributed by atoms with Gasteiger partial charge in [-0.1, -0.05) is 41.4 Å². The molecule has 1 aliphatic heterocycles. The van der Waals surface area contributed by atoms with E-state index < -0.39 is 0 Å². The average molecular weight is 326 g/mol. The van der Waals surface area contributed by atoms with Crippen LogP contribution in [0.2, 0.25) is 8.67 Å². The van der Waals surface area contributed by atoms with Crippen LogP contribution in [0, 0.1) is 0 Å². The molecule has 0 aliphatic carbocycles. The van der Waals surface area contributed by atoms with E-state index in [2.05, 4.69) is 0 Å². The lowest BCUT2D eigenvalue weighted by atomic mass is 10.1. The van der Waals surface area contributed by atoms with Gasteiger partial charge in [0.05, 0.1) is 16.4 Å². The highest BCUT2D eigenvalue weighted by Crippen LogP contribution is 2.32. The topological polar surface area (TPSA) is 37.4 Å². The number of nitrogens with zero attached hydrogens (tertiary/aromatic N) is 1. The van der Waals surface area contributed by atoms with E-state index in [0.29, 0.717) is 26.3 Å². The van der Waals surface area contributed by atoms with Gasteiger partial charge in [-0.3, -0.25) is 9.59 Å². The maximum absolute atomic E-state index is 12.2. The molecule has 0 fully saturated rings. The molecule has 6 heteroatoms. The van der Waals surface area contributed by atoms with Crippen LogP contribution >= 0.6 is 34.5 Å². The Hall–Kier alpha value is -1.36. The largest absolute Gasteiger partial charge is 0.327 e. The van der Waals surface area contributed by atoms with Crippen molar-refractivity contribution in [1.29, 1.82) is 0 Å². The van der Waals surface area contributed by atoms with E-state index in [0.717, 1.165) is 16.9 Å². The van der Waals surface area contributed by atoms with E-state index in [4.69, 9.17) is 23.2 Å².